The molecule has 0 aliphatic carbocycles. The molecule has 1 aromatic rings. The fraction of sp³-hybridized carbons (Fsp3) is 0.727. The molecule has 1 fully saturated rings. The Bertz CT molecular complexity index is 833. The normalized spacial score (nSPS) is 22.3. The summed E-state index contributed by atoms with van der Waals surface area (Å²) >= 11 is 0. The Morgan fingerprint density at radius 2 is 1.68 bits per heavy atom. The first-order valence-corrected chi connectivity index (χ1v) is 15.1. The molecule has 31 heavy (non-hydrogen) atoms. The average Bonchev–Trinajstić information content (AvgIpc) is 2.92. The number of aliphatic hydroxyl groups is 1. The van der Waals surface area contributed by atoms with Crippen molar-refractivity contribution < 1.29 is 27.4 Å². The fourth-order valence-electron chi connectivity index (χ4n) is 3.19. The van der Waals surface area contributed by atoms with Gasteiger partial charge in [0, 0.05) is 13.1 Å². The molecule has 9 heteroatoms. The zero-order valence-corrected chi connectivity index (χ0v) is 22.0. The number of aryl methyl sites for hydroxylation is 1. The van der Waals surface area contributed by atoms with Gasteiger partial charge in [-0.15, -0.1) is 0 Å². The molecule has 0 amide bonds. The van der Waals surface area contributed by atoms with Gasteiger partial charge in [-0.3, -0.25) is 0 Å². The second kappa shape index (κ2) is 9.58. The molecular weight excluding hydrogens is 434 g/mol. The summed E-state index contributed by atoms with van der Waals surface area (Å²) in [5, 5.41) is 9.59. The quantitative estimate of drug-likeness (QED) is 0.553. The van der Waals surface area contributed by atoms with E-state index in [9.17, 15) is 13.5 Å². The van der Waals surface area contributed by atoms with Crippen LogP contribution in [-0.2, 0) is 23.9 Å². The number of benzene rings is 1. The average molecular weight is 474 g/mol. The Hall–Kier alpha value is -0.813. The Balaban J connectivity index is 2.22. The maximum absolute atomic E-state index is 13.2. The van der Waals surface area contributed by atoms with Crippen molar-refractivity contribution in [1.29, 1.82) is 0 Å². The highest BCUT2D eigenvalue weighted by molar-refractivity contribution is 7.89. The van der Waals surface area contributed by atoms with E-state index < -0.39 is 36.3 Å². The van der Waals surface area contributed by atoms with Crippen LogP contribution in [0.25, 0.3) is 0 Å². The highest BCUT2D eigenvalue weighted by atomic mass is 32.2. The van der Waals surface area contributed by atoms with Gasteiger partial charge in [0.2, 0.25) is 10.0 Å². The van der Waals surface area contributed by atoms with E-state index >= 15 is 0 Å². The van der Waals surface area contributed by atoms with Crippen molar-refractivity contribution in [3.05, 3.63) is 29.8 Å². The summed E-state index contributed by atoms with van der Waals surface area (Å²) in [5.74, 6) is -0.843. The first-order valence-electron chi connectivity index (χ1n) is 10.8. The van der Waals surface area contributed by atoms with Crippen molar-refractivity contribution in [1.82, 2.24) is 4.31 Å². The summed E-state index contributed by atoms with van der Waals surface area (Å²) in [7, 11) is -5.79. The van der Waals surface area contributed by atoms with Crippen molar-refractivity contribution in [2.75, 3.05) is 26.3 Å². The van der Waals surface area contributed by atoms with Gasteiger partial charge in [0.25, 0.3) is 0 Å². The van der Waals surface area contributed by atoms with E-state index in [0.29, 0.717) is 6.61 Å². The van der Waals surface area contributed by atoms with Gasteiger partial charge >= 0.3 is 0 Å². The molecule has 1 heterocycles. The van der Waals surface area contributed by atoms with Gasteiger partial charge in [0.15, 0.2) is 14.1 Å². The van der Waals surface area contributed by atoms with Crippen molar-refractivity contribution >= 4 is 18.3 Å². The molecule has 1 N–H and O–H groups in total. The van der Waals surface area contributed by atoms with Crippen molar-refractivity contribution in [2.24, 2.45) is 0 Å². The first-order chi connectivity index (χ1) is 14.1. The predicted molar refractivity (Wildman–Crippen MR) is 124 cm³/mol. The van der Waals surface area contributed by atoms with Crippen LogP contribution in [0.2, 0.25) is 18.1 Å². The summed E-state index contributed by atoms with van der Waals surface area (Å²) in [6.07, 6.45) is -0.912. The summed E-state index contributed by atoms with van der Waals surface area (Å²) in [4.78, 5) is 0.193. The third kappa shape index (κ3) is 6.60. The van der Waals surface area contributed by atoms with E-state index in [-0.39, 0.29) is 29.6 Å². The van der Waals surface area contributed by atoms with E-state index in [0.717, 1.165) is 5.56 Å². The highest BCUT2D eigenvalue weighted by Crippen LogP contribution is 2.38. The number of nitrogens with zero attached hydrogens (tertiary/aromatic N) is 1. The number of ether oxygens (including phenoxy) is 2. The molecule has 2 atom stereocenters. The Morgan fingerprint density at radius 1 is 1.13 bits per heavy atom. The minimum absolute atomic E-state index is 0.0215. The smallest absolute Gasteiger partial charge is 0.243 e. The van der Waals surface area contributed by atoms with Crippen LogP contribution in [0.3, 0.4) is 0 Å². The lowest BCUT2D eigenvalue weighted by Gasteiger charge is -2.37. The monoisotopic (exact) mass is 473 g/mol. The molecule has 1 saturated heterocycles. The lowest BCUT2D eigenvalue weighted by Crippen LogP contribution is -2.47. The second-order valence-corrected chi connectivity index (χ2v) is 16.9. The number of sulfonamides is 1. The molecule has 1 aliphatic rings. The lowest BCUT2D eigenvalue weighted by molar-refractivity contribution is -0.149. The zero-order valence-electron chi connectivity index (χ0n) is 20.1. The molecule has 2 rings (SSSR count). The Kier molecular flexibility index (Phi) is 8.17. The highest BCUT2D eigenvalue weighted by Gasteiger charge is 2.45. The number of hydrogen-bond donors (Lipinski definition) is 1. The predicted octanol–water partition coefficient (Wildman–Crippen LogP) is 3.52. The molecule has 0 radical (unpaired) electrons. The van der Waals surface area contributed by atoms with Crippen LogP contribution in [0.4, 0.5) is 0 Å². The summed E-state index contributed by atoms with van der Waals surface area (Å²) in [5.41, 5.74) is 0.977. The van der Waals surface area contributed by atoms with Gasteiger partial charge in [0.05, 0.1) is 18.1 Å². The molecule has 1 aromatic carbocycles. The number of aliphatic hydroxyl groups excluding tert-OH is 1. The summed E-state index contributed by atoms with van der Waals surface area (Å²) in [6.45, 7) is 16.5. The van der Waals surface area contributed by atoms with E-state index in [1.54, 1.807) is 24.3 Å². The van der Waals surface area contributed by atoms with Crippen molar-refractivity contribution in [2.45, 2.75) is 82.6 Å². The summed E-state index contributed by atoms with van der Waals surface area (Å²) in [6, 6.07) is 6.70. The molecule has 0 unspecified atom stereocenters. The SMILES string of the molecule is Cc1ccc(S(=O)(=O)N(CCO)C[C@@H]2OC(C)(C)O[C@H]2CO[Si](C)(C)C(C)(C)C)cc1. The molecule has 0 bridgehead atoms. The minimum atomic E-state index is -3.79. The number of rotatable bonds is 9. The van der Waals surface area contributed by atoms with Crippen LogP contribution < -0.4 is 0 Å². The lowest BCUT2D eigenvalue weighted by atomic mass is 10.2. The zero-order chi connectivity index (χ0) is 23.7. The molecule has 1 aliphatic heterocycles. The first kappa shape index (κ1) is 26.4. The third-order valence-electron chi connectivity index (χ3n) is 6.09. The van der Waals surface area contributed by atoms with Gasteiger partial charge in [-0.25, -0.2) is 8.42 Å². The van der Waals surface area contributed by atoms with Crippen LogP contribution in [0.15, 0.2) is 29.2 Å². The standard InChI is InChI=1S/C22H39NO6SSi/c1-17-9-11-18(12-10-17)30(25,26)23(13-14-24)15-19-20(29-22(5,6)28-19)16-27-31(7,8)21(2,3)4/h9-12,19-20,24H,13-16H2,1-8H3/t19-,20-/m0/s1. The second-order valence-electron chi connectivity index (χ2n) is 10.2. The maximum atomic E-state index is 13.2. The third-order valence-corrected chi connectivity index (χ3v) is 12.5. The molecule has 0 saturated carbocycles. The van der Waals surface area contributed by atoms with Gasteiger partial charge < -0.3 is 19.0 Å². The molecule has 178 valence electrons. The number of hydrogen-bond acceptors (Lipinski definition) is 6. The van der Waals surface area contributed by atoms with Crippen LogP contribution >= 0.6 is 0 Å². The van der Waals surface area contributed by atoms with Crippen LogP contribution in [0.1, 0.15) is 40.2 Å². The topological polar surface area (TPSA) is 85.3 Å². The largest absolute Gasteiger partial charge is 0.414 e. The van der Waals surface area contributed by atoms with Gasteiger partial charge in [-0.1, -0.05) is 38.5 Å². The van der Waals surface area contributed by atoms with E-state index in [1.165, 1.54) is 4.31 Å². The summed E-state index contributed by atoms with van der Waals surface area (Å²) < 4.78 is 46.2. The Labute approximate surface area is 188 Å². The van der Waals surface area contributed by atoms with Crippen LogP contribution in [0, 0.1) is 6.92 Å². The molecular formula is C22H39NO6SSi. The van der Waals surface area contributed by atoms with E-state index in [2.05, 4.69) is 33.9 Å². The van der Waals surface area contributed by atoms with Crippen LogP contribution in [0.5, 0.6) is 0 Å². The fourth-order valence-corrected chi connectivity index (χ4v) is 5.65. The molecule has 0 spiro atoms. The van der Waals surface area contributed by atoms with E-state index in [1.807, 2.05) is 20.8 Å². The molecule has 0 aromatic heterocycles. The Morgan fingerprint density at radius 3 is 2.19 bits per heavy atom. The van der Waals surface area contributed by atoms with Gasteiger partial charge in [-0.05, 0) is 51.0 Å². The van der Waals surface area contributed by atoms with Crippen LogP contribution in [-0.4, -0.2) is 70.4 Å². The maximum Gasteiger partial charge on any atom is 0.243 e. The minimum Gasteiger partial charge on any atom is -0.414 e. The van der Waals surface area contributed by atoms with E-state index in [4.69, 9.17) is 13.9 Å². The van der Waals surface area contributed by atoms with Crippen molar-refractivity contribution in [3.63, 3.8) is 0 Å². The van der Waals surface area contributed by atoms with Gasteiger partial charge in [-0.2, -0.15) is 4.31 Å². The van der Waals surface area contributed by atoms with Crippen molar-refractivity contribution in [3.8, 4) is 0 Å². The van der Waals surface area contributed by atoms with Gasteiger partial charge in [0.1, 0.15) is 12.2 Å². The molecule has 7 nitrogen and oxygen atoms in total.